The molecule has 0 atom stereocenters. The molecule has 18 heavy (non-hydrogen) atoms. The van der Waals surface area contributed by atoms with Crippen molar-refractivity contribution in [2.24, 2.45) is 11.5 Å². The summed E-state index contributed by atoms with van der Waals surface area (Å²) in [6, 6.07) is 4.86. The molecular formula is C12H18N4O2. The molecule has 98 valence electrons. The maximum atomic E-state index is 10.9. The smallest absolute Gasteiger partial charge is 0.248 e. The van der Waals surface area contributed by atoms with Gasteiger partial charge in [-0.25, -0.2) is 0 Å². The van der Waals surface area contributed by atoms with Crippen LogP contribution in [0.5, 0.6) is 0 Å². The average Bonchev–Trinajstić information content (AvgIpc) is 2.29. The van der Waals surface area contributed by atoms with Crippen LogP contribution in [-0.2, 0) is 4.79 Å². The van der Waals surface area contributed by atoms with Crippen molar-refractivity contribution in [3.8, 4) is 0 Å². The third-order valence-electron chi connectivity index (χ3n) is 2.50. The Bertz CT molecular complexity index is 446. The quantitative estimate of drug-likeness (QED) is 0.414. The van der Waals surface area contributed by atoms with Crippen LogP contribution >= 0.6 is 0 Å². The zero-order valence-corrected chi connectivity index (χ0v) is 10.1. The number of nitrogens with one attached hydrogen (secondary N) is 1. The van der Waals surface area contributed by atoms with Crippen LogP contribution in [0.2, 0.25) is 0 Å². The van der Waals surface area contributed by atoms with Crippen molar-refractivity contribution < 1.29 is 9.59 Å². The molecular weight excluding hydrogens is 232 g/mol. The molecule has 1 rings (SSSR count). The van der Waals surface area contributed by atoms with Gasteiger partial charge < -0.3 is 22.5 Å². The van der Waals surface area contributed by atoms with Crippen LogP contribution in [0.1, 0.15) is 29.6 Å². The Morgan fingerprint density at radius 2 is 1.89 bits per heavy atom. The van der Waals surface area contributed by atoms with Crippen LogP contribution in [0, 0.1) is 0 Å². The maximum absolute atomic E-state index is 10.9. The Morgan fingerprint density at radius 1 is 1.17 bits per heavy atom. The van der Waals surface area contributed by atoms with E-state index in [0.29, 0.717) is 24.2 Å². The zero-order chi connectivity index (χ0) is 13.5. The van der Waals surface area contributed by atoms with Crippen molar-refractivity contribution in [2.75, 3.05) is 17.6 Å². The highest BCUT2D eigenvalue weighted by Gasteiger charge is 2.04. The predicted molar refractivity (Wildman–Crippen MR) is 70.9 cm³/mol. The monoisotopic (exact) mass is 250 g/mol. The van der Waals surface area contributed by atoms with Crippen molar-refractivity contribution in [2.45, 2.75) is 19.3 Å². The second-order valence-electron chi connectivity index (χ2n) is 4.02. The number of nitrogen functional groups attached to an aromatic ring is 1. The SMILES string of the molecule is NC(=O)CCCCNc1ccc(C(N)=O)cc1N. The first-order valence-electron chi connectivity index (χ1n) is 5.72. The first-order valence-corrected chi connectivity index (χ1v) is 5.72. The third-order valence-corrected chi connectivity index (χ3v) is 2.50. The van der Waals surface area contributed by atoms with Crippen molar-refractivity contribution in [1.29, 1.82) is 0 Å². The molecule has 6 nitrogen and oxygen atoms in total. The second kappa shape index (κ2) is 6.48. The van der Waals surface area contributed by atoms with Gasteiger partial charge in [0, 0.05) is 18.5 Å². The van der Waals surface area contributed by atoms with Crippen molar-refractivity contribution in [3.05, 3.63) is 23.8 Å². The van der Waals surface area contributed by atoms with Crippen LogP contribution in [-0.4, -0.2) is 18.4 Å². The number of unbranched alkanes of at least 4 members (excludes halogenated alkanes) is 1. The van der Waals surface area contributed by atoms with Gasteiger partial charge >= 0.3 is 0 Å². The minimum absolute atomic E-state index is 0.291. The van der Waals surface area contributed by atoms with Gasteiger partial charge in [0.05, 0.1) is 11.4 Å². The summed E-state index contributed by atoms with van der Waals surface area (Å²) in [6.45, 7) is 0.688. The van der Waals surface area contributed by atoms with Gasteiger partial charge in [0.15, 0.2) is 0 Å². The van der Waals surface area contributed by atoms with Gasteiger partial charge in [-0.3, -0.25) is 9.59 Å². The molecule has 0 heterocycles. The van der Waals surface area contributed by atoms with Crippen LogP contribution in [0.15, 0.2) is 18.2 Å². The minimum Gasteiger partial charge on any atom is -0.397 e. The molecule has 0 radical (unpaired) electrons. The minimum atomic E-state index is -0.505. The third kappa shape index (κ3) is 4.32. The Kier molecular flexibility index (Phi) is 4.98. The van der Waals surface area contributed by atoms with E-state index in [0.717, 1.165) is 18.5 Å². The van der Waals surface area contributed by atoms with Crippen LogP contribution in [0.4, 0.5) is 11.4 Å². The zero-order valence-electron chi connectivity index (χ0n) is 10.1. The highest BCUT2D eigenvalue weighted by atomic mass is 16.1. The molecule has 0 saturated heterocycles. The molecule has 0 aliphatic heterocycles. The van der Waals surface area contributed by atoms with E-state index >= 15 is 0 Å². The number of hydrogen-bond acceptors (Lipinski definition) is 4. The van der Waals surface area contributed by atoms with E-state index < -0.39 is 5.91 Å². The molecule has 0 fully saturated rings. The van der Waals surface area contributed by atoms with E-state index in [-0.39, 0.29) is 5.91 Å². The van der Waals surface area contributed by atoms with Gasteiger partial charge in [-0.1, -0.05) is 0 Å². The molecule has 1 aromatic carbocycles. The molecule has 1 aromatic rings. The van der Waals surface area contributed by atoms with E-state index in [4.69, 9.17) is 17.2 Å². The largest absolute Gasteiger partial charge is 0.397 e. The number of hydrogen-bond donors (Lipinski definition) is 4. The Hall–Kier alpha value is -2.24. The van der Waals surface area contributed by atoms with Gasteiger partial charge in [0.25, 0.3) is 0 Å². The van der Waals surface area contributed by atoms with Gasteiger partial charge in [-0.2, -0.15) is 0 Å². The summed E-state index contributed by atoms with van der Waals surface area (Å²) in [5.41, 5.74) is 17.6. The first-order chi connectivity index (χ1) is 8.50. The highest BCUT2D eigenvalue weighted by Crippen LogP contribution is 2.19. The van der Waals surface area contributed by atoms with E-state index in [1.54, 1.807) is 12.1 Å². The van der Waals surface area contributed by atoms with Gasteiger partial charge in [0.2, 0.25) is 11.8 Å². The Balaban J connectivity index is 2.43. The summed E-state index contributed by atoms with van der Waals surface area (Å²) in [5, 5.41) is 3.12. The van der Waals surface area contributed by atoms with Crippen LogP contribution in [0.25, 0.3) is 0 Å². The fourth-order valence-corrected chi connectivity index (χ4v) is 1.52. The number of amides is 2. The fourth-order valence-electron chi connectivity index (χ4n) is 1.52. The van der Waals surface area contributed by atoms with E-state index in [2.05, 4.69) is 5.32 Å². The van der Waals surface area contributed by atoms with Crippen LogP contribution in [0.3, 0.4) is 0 Å². The summed E-state index contributed by atoms with van der Waals surface area (Å²) < 4.78 is 0. The summed E-state index contributed by atoms with van der Waals surface area (Å²) in [6.07, 6.45) is 1.94. The molecule has 0 aliphatic carbocycles. The molecule has 0 unspecified atom stereocenters. The lowest BCUT2D eigenvalue weighted by Crippen LogP contribution is -2.13. The molecule has 0 saturated carbocycles. The van der Waals surface area contributed by atoms with Crippen LogP contribution < -0.4 is 22.5 Å². The highest BCUT2D eigenvalue weighted by molar-refractivity contribution is 5.94. The number of nitrogens with two attached hydrogens (primary N) is 3. The molecule has 0 aliphatic rings. The van der Waals surface area contributed by atoms with E-state index in [1.165, 1.54) is 6.07 Å². The summed E-state index contributed by atoms with van der Waals surface area (Å²) >= 11 is 0. The fraction of sp³-hybridized carbons (Fsp3) is 0.333. The second-order valence-corrected chi connectivity index (χ2v) is 4.02. The normalized spacial score (nSPS) is 10.0. The molecule has 0 bridgehead atoms. The summed E-state index contributed by atoms with van der Waals surface area (Å²) in [7, 11) is 0. The average molecular weight is 250 g/mol. The van der Waals surface area contributed by atoms with E-state index in [9.17, 15) is 9.59 Å². The Labute approximate surface area is 106 Å². The first kappa shape index (κ1) is 13.8. The standard InChI is InChI=1S/C12H18N4O2/c13-9-7-8(12(15)18)4-5-10(9)16-6-2-1-3-11(14)17/h4-5,7,16H,1-3,6,13H2,(H2,14,17)(H2,15,18). The van der Waals surface area contributed by atoms with Crippen molar-refractivity contribution in [1.82, 2.24) is 0 Å². The van der Waals surface area contributed by atoms with Gasteiger partial charge in [-0.15, -0.1) is 0 Å². The Morgan fingerprint density at radius 3 is 2.44 bits per heavy atom. The number of primary amides is 2. The molecule has 0 aromatic heterocycles. The summed E-state index contributed by atoms with van der Waals surface area (Å²) in [4.78, 5) is 21.5. The number of carbonyl (C=O) groups excluding carboxylic acids is 2. The van der Waals surface area contributed by atoms with Gasteiger partial charge in [-0.05, 0) is 31.0 Å². The molecule has 6 heteroatoms. The lowest BCUT2D eigenvalue weighted by molar-refractivity contribution is -0.118. The lowest BCUT2D eigenvalue weighted by atomic mass is 10.1. The maximum Gasteiger partial charge on any atom is 0.248 e. The summed E-state index contributed by atoms with van der Waals surface area (Å²) in [5.74, 6) is -0.796. The number of benzene rings is 1. The molecule has 0 spiro atoms. The number of carbonyl (C=O) groups is 2. The topological polar surface area (TPSA) is 124 Å². The van der Waals surface area contributed by atoms with E-state index in [1.807, 2.05) is 0 Å². The molecule has 7 N–H and O–H groups in total. The van der Waals surface area contributed by atoms with Crippen molar-refractivity contribution in [3.63, 3.8) is 0 Å². The predicted octanol–water partition coefficient (Wildman–Crippen LogP) is 0.435. The molecule has 2 amide bonds. The number of rotatable bonds is 7. The van der Waals surface area contributed by atoms with Gasteiger partial charge in [0.1, 0.15) is 0 Å². The lowest BCUT2D eigenvalue weighted by Gasteiger charge is -2.09. The number of anilines is 2. The van der Waals surface area contributed by atoms with Crippen molar-refractivity contribution >= 4 is 23.2 Å².